The molecule has 0 radical (unpaired) electrons. The lowest BCUT2D eigenvalue weighted by molar-refractivity contribution is -0.117. The molecule has 5 heteroatoms. The summed E-state index contributed by atoms with van der Waals surface area (Å²) in [6.45, 7) is -10.9. The summed E-state index contributed by atoms with van der Waals surface area (Å²) in [7, 11) is 0. The van der Waals surface area contributed by atoms with Crippen LogP contribution >= 0.6 is 0 Å². The molecule has 0 fully saturated rings. The van der Waals surface area contributed by atoms with Crippen LogP contribution in [0.5, 0.6) is 0 Å². The minimum atomic E-state index is -2.90. The molecule has 0 aliphatic heterocycles. The Morgan fingerprint density at radius 1 is 1.03 bits per heavy atom. The largest absolute Gasteiger partial charge is 0.457 e. The van der Waals surface area contributed by atoms with E-state index in [-0.39, 0.29) is 16.7 Å². The number of hydrogen-bond donors (Lipinski definition) is 2. The van der Waals surface area contributed by atoms with E-state index in [1.54, 1.807) is 36.4 Å². The number of amides is 1. The van der Waals surface area contributed by atoms with Crippen LogP contribution in [0.3, 0.4) is 0 Å². The summed E-state index contributed by atoms with van der Waals surface area (Å²) in [5, 5.41) is 3.98. The number of esters is 1. The fourth-order valence-electron chi connectivity index (χ4n) is 3.36. The first-order valence-electron chi connectivity index (χ1n) is 15.8. The van der Waals surface area contributed by atoms with Crippen molar-refractivity contribution in [1.82, 2.24) is 0 Å². The summed E-state index contributed by atoms with van der Waals surface area (Å²) in [6.07, 6.45) is 0. The summed E-state index contributed by atoms with van der Waals surface area (Å²) in [6, 6.07) is 17.9. The predicted octanol–water partition coefficient (Wildman–Crippen LogP) is 5.49. The quantitative estimate of drug-likeness (QED) is 0.355. The number of nitrogens with one attached hydrogen (secondary N) is 1. The van der Waals surface area contributed by atoms with Crippen LogP contribution in [-0.4, -0.2) is 18.4 Å². The van der Waals surface area contributed by atoms with Crippen molar-refractivity contribution < 1.29 is 29.4 Å². The third kappa shape index (κ3) is 5.33. The second kappa shape index (κ2) is 10.3. The molecule has 0 aliphatic rings. The van der Waals surface area contributed by atoms with Crippen LogP contribution in [0.25, 0.3) is 10.8 Å². The number of aryl methyl sites for hydroxylation is 2. The van der Waals surface area contributed by atoms with E-state index in [2.05, 4.69) is 5.32 Å². The van der Waals surface area contributed by atoms with E-state index in [0.29, 0.717) is 22.5 Å². The van der Waals surface area contributed by atoms with Gasteiger partial charge in [-0.2, -0.15) is 0 Å². The molecule has 0 unspecified atom stereocenters. The first-order valence-corrected chi connectivity index (χ1v) is 10.3. The van der Waals surface area contributed by atoms with Crippen molar-refractivity contribution in [2.45, 2.75) is 26.2 Å². The molecule has 5 nitrogen and oxygen atoms in total. The highest BCUT2D eigenvalue weighted by atomic mass is 16.5. The van der Waals surface area contributed by atoms with Gasteiger partial charge in [0.15, 0.2) is 0 Å². The molecule has 1 atom stereocenters. The van der Waals surface area contributed by atoms with Crippen molar-refractivity contribution in [2.24, 2.45) is 5.73 Å². The van der Waals surface area contributed by atoms with Crippen LogP contribution in [0, 0.1) is 13.7 Å². The van der Waals surface area contributed by atoms with E-state index in [1.807, 2.05) is 0 Å². The second-order valence-electron chi connectivity index (χ2n) is 7.44. The molecule has 4 rings (SSSR count). The monoisotopic (exact) mass is 463 g/mol. The highest BCUT2D eigenvalue weighted by Crippen LogP contribution is 2.22. The van der Waals surface area contributed by atoms with E-state index < -0.39 is 55.7 Å². The van der Waals surface area contributed by atoms with Crippen molar-refractivity contribution in [2.75, 3.05) is 11.8 Å². The molecule has 4 aromatic carbocycles. The summed E-state index contributed by atoms with van der Waals surface area (Å²) in [5.41, 5.74) is 4.49. The van der Waals surface area contributed by atoms with Gasteiger partial charge < -0.3 is 15.8 Å². The van der Waals surface area contributed by atoms with Gasteiger partial charge in [-0.1, -0.05) is 72.3 Å². The Bertz CT molecular complexity index is 1750. The zero-order chi connectivity index (χ0) is 33.5. The number of nitrogens with two attached hydrogens (primary N) is 1. The van der Waals surface area contributed by atoms with Gasteiger partial charge in [-0.3, -0.25) is 4.79 Å². The molecule has 0 spiro atoms. The molecule has 0 aromatic heterocycles. The van der Waals surface area contributed by atoms with Crippen molar-refractivity contribution in [1.29, 1.82) is 0 Å². The molecule has 0 heterocycles. The standard InChI is InChI=1S/C29H28N2O3/c1-19-7-14-26(20(2)15-19)29(33)34-18-21-8-10-23(11-9-21)27(17-30)28(32)31-25-13-12-22-5-3-4-6-24(22)16-25/h3-16,27H,17-18,30H2,1-2H3,(H,31,32)/t27-/m1/s1/i1D3,2D3,5D,17D2,18D2. The van der Waals surface area contributed by atoms with Gasteiger partial charge in [0, 0.05) is 23.2 Å². The summed E-state index contributed by atoms with van der Waals surface area (Å²) in [4.78, 5) is 26.2. The Morgan fingerprint density at radius 2 is 1.88 bits per heavy atom. The van der Waals surface area contributed by atoms with Crippen LogP contribution in [0.15, 0.2) is 84.9 Å². The van der Waals surface area contributed by atoms with E-state index in [4.69, 9.17) is 25.5 Å². The smallest absolute Gasteiger partial charge is 0.338 e. The normalized spacial score (nSPS) is 18.1. The van der Waals surface area contributed by atoms with Crippen LogP contribution in [-0.2, 0) is 16.1 Å². The lowest BCUT2D eigenvalue weighted by Crippen LogP contribution is -2.27. The summed E-state index contributed by atoms with van der Waals surface area (Å²) < 4.78 is 91.7. The molecule has 172 valence electrons. The molecule has 0 bridgehead atoms. The van der Waals surface area contributed by atoms with Crippen LogP contribution in [0.4, 0.5) is 5.69 Å². The van der Waals surface area contributed by atoms with Gasteiger partial charge in [0.2, 0.25) is 5.91 Å². The van der Waals surface area contributed by atoms with Gasteiger partial charge in [0.25, 0.3) is 0 Å². The van der Waals surface area contributed by atoms with Gasteiger partial charge in [0.05, 0.1) is 15.6 Å². The minimum absolute atomic E-state index is 0.0880. The van der Waals surface area contributed by atoms with Gasteiger partial charge >= 0.3 is 5.97 Å². The molecule has 1 amide bonds. The lowest BCUT2D eigenvalue weighted by Gasteiger charge is -2.16. The van der Waals surface area contributed by atoms with Crippen molar-refractivity contribution in [3.8, 4) is 0 Å². The maximum atomic E-state index is 13.3. The minimum Gasteiger partial charge on any atom is -0.457 e. The molecule has 0 saturated carbocycles. The van der Waals surface area contributed by atoms with Gasteiger partial charge in [-0.05, 0) is 59.4 Å². The van der Waals surface area contributed by atoms with E-state index in [1.165, 1.54) is 24.3 Å². The van der Waals surface area contributed by atoms with Crippen LogP contribution in [0.1, 0.15) is 53.6 Å². The van der Waals surface area contributed by atoms with Gasteiger partial charge in [-0.25, -0.2) is 4.79 Å². The molecule has 3 N–H and O–H groups in total. The number of rotatable bonds is 7. The lowest BCUT2D eigenvalue weighted by atomic mass is 9.97. The average Bonchev–Trinajstić information content (AvgIpc) is 2.91. The van der Waals surface area contributed by atoms with Gasteiger partial charge in [0.1, 0.15) is 6.56 Å². The highest BCUT2D eigenvalue weighted by molar-refractivity contribution is 5.98. The molecule has 4 aromatic rings. The highest BCUT2D eigenvalue weighted by Gasteiger charge is 2.19. The fraction of sp³-hybridized carbons (Fsp3) is 0.172. The maximum absolute atomic E-state index is 13.3. The number of anilines is 1. The fourth-order valence-corrected chi connectivity index (χ4v) is 3.36. The second-order valence-corrected chi connectivity index (χ2v) is 7.44. The molecule has 0 saturated heterocycles. The molecule has 0 aliphatic carbocycles. The van der Waals surface area contributed by atoms with Crippen LogP contribution in [0.2, 0.25) is 0 Å². The Labute approximate surface area is 215 Å². The number of carbonyl (C=O) groups excluding carboxylic acids is 2. The summed E-state index contributed by atoms with van der Waals surface area (Å²) in [5.74, 6) is -3.68. The summed E-state index contributed by atoms with van der Waals surface area (Å²) >= 11 is 0. The van der Waals surface area contributed by atoms with Crippen molar-refractivity contribution in [3.05, 3.63) is 113 Å². The topological polar surface area (TPSA) is 81.4 Å². The number of benzene rings is 4. The third-order valence-electron chi connectivity index (χ3n) is 5.10. The zero-order valence-corrected chi connectivity index (χ0v) is 17.9. The Kier molecular flexibility index (Phi) is 3.96. The molecular formula is C29H28N2O3. The Balaban J connectivity index is 1.58. The van der Waals surface area contributed by atoms with Crippen molar-refractivity contribution in [3.63, 3.8) is 0 Å². The first-order chi connectivity index (χ1) is 20.7. The average molecular weight is 464 g/mol. The number of hydrogen-bond acceptors (Lipinski definition) is 4. The first kappa shape index (κ1) is 13.1. The zero-order valence-electron chi connectivity index (χ0n) is 28.9. The molecule has 34 heavy (non-hydrogen) atoms. The maximum Gasteiger partial charge on any atom is 0.338 e. The SMILES string of the molecule is [2H]c1cccc2cc(NC(=O)[C@@H](c3ccc(C([2H])([2H])OC(=O)c4ccc(C([2H])([2H])[2H])cc4C([2H])([2H])[2H])cc3)C([2H])([2H])N)ccc12. The third-order valence-corrected chi connectivity index (χ3v) is 5.10. The van der Waals surface area contributed by atoms with E-state index in [9.17, 15) is 9.59 Å². The van der Waals surface area contributed by atoms with Crippen LogP contribution < -0.4 is 11.1 Å². The number of carbonyl (C=O) groups is 2. The molecular weight excluding hydrogens is 424 g/mol. The number of ether oxygens (including phenoxy) is 1. The Hall–Kier alpha value is -3.96. The Morgan fingerprint density at radius 3 is 2.65 bits per heavy atom. The predicted molar refractivity (Wildman–Crippen MR) is 136 cm³/mol. The number of fused-ring (bicyclic) bond motifs is 1. The van der Waals surface area contributed by atoms with E-state index in [0.717, 1.165) is 18.2 Å². The van der Waals surface area contributed by atoms with E-state index >= 15 is 0 Å². The van der Waals surface area contributed by atoms with Gasteiger partial charge in [-0.15, -0.1) is 0 Å². The van der Waals surface area contributed by atoms with Crippen molar-refractivity contribution >= 4 is 28.3 Å².